The maximum atomic E-state index is 2.30. The van der Waals surface area contributed by atoms with Gasteiger partial charge in [0.2, 0.25) is 0 Å². The van der Waals surface area contributed by atoms with Crippen molar-refractivity contribution in [2.45, 2.75) is 115 Å². The van der Waals surface area contributed by atoms with Crippen molar-refractivity contribution in [1.29, 1.82) is 0 Å². The van der Waals surface area contributed by atoms with Gasteiger partial charge in [0.05, 0.1) is 27.7 Å². The predicted molar refractivity (Wildman–Crippen MR) is 116 cm³/mol. The van der Waals surface area contributed by atoms with E-state index in [2.05, 4.69) is 21.1 Å². The fourth-order valence-electron chi connectivity index (χ4n) is 3.49. The molecule has 0 aromatic rings. The van der Waals surface area contributed by atoms with E-state index in [1.807, 2.05) is 0 Å². The molecule has 0 amide bonds. The van der Waals surface area contributed by atoms with Gasteiger partial charge in [-0.25, -0.2) is 0 Å². The second kappa shape index (κ2) is 18.0. The van der Waals surface area contributed by atoms with Crippen LogP contribution in [0.2, 0.25) is 6.04 Å². The van der Waals surface area contributed by atoms with Gasteiger partial charge in [-0.1, -0.05) is 102 Å². The smallest absolute Gasteiger partial charge is 0.0780 e. The SMILES string of the molecule is C[N+](C)(C)CCCCCCCCCCCCCCCCCCC[SiH3]. The van der Waals surface area contributed by atoms with Crippen LogP contribution in [0.4, 0.5) is 0 Å². The van der Waals surface area contributed by atoms with Crippen LogP contribution in [0.5, 0.6) is 0 Å². The van der Waals surface area contributed by atoms with Crippen LogP contribution in [0, 0.1) is 0 Å². The van der Waals surface area contributed by atoms with Gasteiger partial charge in [-0.05, 0) is 12.8 Å². The molecule has 0 aromatic heterocycles. The molecule has 0 atom stereocenters. The first kappa shape index (κ1) is 24.2. The fourth-order valence-corrected chi connectivity index (χ4v) is 3.99. The summed E-state index contributed by atoms with van der Waals surface area (Å²) in [6.07, 6.45) is 25.2. The van der Waals surface area contributed by atoms with Gasteiger partial charge in [-0.2, -0.15) is 0 Å². The lowest BCUT2D eigenvalue weighted by Gasteiger charge is -2.23. The zero-order valence-electron chi connectivity index (χ0n) is 17.9. The zero-order valence-corrected chi connectivity index (χ0v) is 19.9. The van der Waals surface area contributed by atoms with Crippen molar-refractivity contribution in [2.75, 3.05) is 27.7 Å². The second-order valence-electron chi connectivity index (χ2n) is 9.02. The molecule has 0 heterocycles. The summed E-state index contributed by atoms with van der Waals surface area (Å²) in [7, 11) is 8.31. The van der Waals surface area contributed by atoms with Gasteiger partial charge in [0, 0.05) is 10.2 Å². The van der Waals surface area contributed by atoms with Crippen LogP contribution in [0.25, 0.3) is 0 Å². The lowest BCUT2D eigenvalue weighted by Crippen LogP contribution is -2.35. The number of quaternary nitrogens is 1. The Balaban J connectivity index is 3.00. The first-order valence-corrected chi connectivity index (χ1v) is 12.8. The molecule has 146 valence electrons. The Hall–Kier alpha value is 0.177. The highest BCUT2D eigenvalue weighted by Crippen LogP contribution is 2.14. The Morgan fingerprint density at radius 1 is 0.417 bits per heavy atom. The van der Waals surface area contributed by atoms with Crippen LogP contribution < -0.4 is 0 Å². The van der Waals surface area contributed by atoms with Crippen LogP contribution in [0.3, 0.4) is 0 Å². The first-order chi connectivity index (χ1) is 11.6. The molecule has 0 aromatic carbocycles. The van der Waals surface area contributed by atoms with Crippen molar-refractivity contribution in [3.05, 3.63) is 0 Å². The molecular formula is C22H50NSi+. The number of hydrogen-bond acceptors (Lipinski definition) is 0. The number of unbranched alkanes of at least 4 members (excludes halogenated alkanes) is 16. The summed E-state index contributed by atoms with van der Waals surface area (Å²) >= 11 is 0. The summed E-state index contributed by atoms with van der Waals surface area (Å²) in [5.41, 5.74) is 0. The summed E-state index contributed by atoms with van der Waals surface area (Å²) in [4.78, 5) is 0. The Morgan fingerprint density at radius 2 is 0.667 bits per heavy atom. The standard InChI is InChI=1S/C22H50NSi/c1-23(2,3)21-19-17-15-13-11-9-7-5-4-6-8-10-12-14-16-18-20-22-24/h4-22H2,1-3,24H3/q+1. The zero-order chi connectivity index (χ0) is 17.9. The average Bonchev–Trinajstić information content (AvgIpc) is 2.52. The molecule has 0 bridgehead atoms. The van der Waals surface area contributed by atoms with E-state index in [1.54, 1.807) is 0 Å². The summed E-state index contributed by atoms with van der Waals surface area (Å²) in [6, 6.07) is 1.51. The topological polar surface area (TPSA) is 0 Å². The third kappa shape index (κ3) is 22.2. The Bertz CT molecular complexity index is 235. The van der Waals surface area contributed by atoms with Crippen molar-refractivity contribution >= 4 is 10.2 Å². The molecule has 0 fully saturated rings. The van der Waals surface area contributed by atoms with E-state index in [-0.39, 0.29) is 0 Å². The van der Waals surface area contributed by atoms with Gasteiger partial charge in [0.15, 0.2) is 0 Å². The number of rotatable bonds is 19. The van der Waals surface area contributed by atoms with E-state index in [1.165, 1.54) is 132 Å². The largest absolute Gasteiger partial charge is 0.331 e. The molecule has 0 saturated heterocycles. The minimum Gasteiger partial charge on any atom is -0.331 e. The molecular weight excluding hydrogens is 306 g/mol. The molecule has 0 aliphatic rings. The maximum absolute atomic E-state index is 2.30. The predicted octanol–water partition coefficient (Wildman–Crippen LogP) is 6.11. The highest BCUT2D eigenvalue weighted by atomic mass is 28.1. The molecule has 2 heteroatoms. The third-order valence-electron chi connectivity index (χ3n) is 5.18. The highest BCUT2D eigenvalue weighted by Gasteiger charge is 2.04. The first-order valence-electron chi connectivity index (χ1n) is 11.4. The van der Waals surface area contributed by atoms with Gasteiger partial charge in [-0.15, -0.1) is 0 Å². The summed E-state index contributed by atoms with van der Waals surface area (Å²) in [5, 5.41) is 0. The average molecular weight is 357 g/mol. The van der Waals surface area contributed by atoms with Gasteiger partial charge in [0.25, 0.3) is 0 Å². The lowest BCUT2D eigenvalue weighted by atomic mass is 10.0. The molecule has 24 heavy (non-hydrogen) atoms. The Labute approximate surface area is 158 Å². The van der Waals surface area contributed by atoms with Crippen LogP contribution in [-0.4, -0.2) is 42.4 Å². The monoisotopic (exact) mass is 356 g/mol. The molecule has 0 spiro atoms. The van der Waals surface area contributed by atoms with Gasteiger partial charge >= 0.3 is 0 Å². The van der Waals surface area contributed by atoms with Crippen LogP contribution in [0.15, 0.2) is 0 Å². The summed E-state index contributed by atoms with van der Waals surface area (Å²) in [6.45, 7) is 1.33. The summed E-state index contributed by atoms with van der Waals surface area (Å²) < 4.78 is 1.13. The maximum Gasteiger partial charge on any atom is 0.0780 e. The normalized spacial score (nSPS) is 12.1. The van der Waals surface area contributed by atoms with Gasteiger partial charge in [-0.3, -0.25) is 0 Å². The molecule has 0 saturated carbocycles. The Morgan fingerprint density at radius 3 is 0.917 bits per heavy atom. The molecule has 0 rings (SSSR count). The molecule has 0 unspecified atom stereocenters. The van der Waals surface area contributed by atoms with Crippen LogP contribution in [0.1, 0.15) is 109 Å². The van der Waals surface area contributed by atoms with E-state index < -0.39 is 0 Å². The fraction of sp³-hybridized carbons (Fsp3) is 1.00. The number of hydrogen-bond donors (Lipinski definition) is 0. The summed E-state index contributed by atoms with van der Waals surface area (Å²) in [5.74, 6) is 0. The lowest BCUT2D eigenvalue weighted by molar-refractivity contribution is -0.870. The minimum absolute atomic E-state index is 1.13. The van der Waals surface area contributed by atoms with Gasteiger partial charge < -0.3 is 4.48 Å². The van der Waals surface area contributed by atoms with Gasteiger partial charge in [0.1, 0.15) is 0 Å². The van der Waals surface area contributed by atoms with Crippen LogP contribution in [-0.2, 0) is 0 Å². The van der Waals surface area contributed by atoms with E-state index in [0.717, 1.165) is 4.48 Å². The number of nitrogens with zero attached hydrogens (tertiary/aromatic N) is 1. The van der Waals surface area contributed by atoms with Crippen molar-refractivity contribution in [2.24, 2.45) is 0 Å². The van der Waals surface area contributed by atoms with E-state index in [0.29, 0.717) is 0 Å². The molecule has 1 nitrogen and oxygen atoms in total. The molecule has 0 N–H and O–H groups in total. The quantitative estimate of drug-likeness (QED) is 0.149. The molecule has 0 radical (unpaired) electrons. The third-order valence-corrected chi connectivity index (χ3v) is 5.89. The minimum atomic E-state index is 1.13. The van der Waals surface area contributed by atoms with E-state index in [9.17, 15) is 0 Å². The van der Waals surface area contributed by atoms with E-state index >= 15 is 0 Å². The second-order valence-corrected chi connectivity index (χ2v) is 10.0. The van der Waals surface area contributed by atoms with Crippen molar-refractivity contribution < 1.29 is 4.48 Å². The van der Waals surface area contributed by atoms with Crippen molar-refractivity contribution in [3.63, 3.8) is 0 Å². The Kier molecular flexibility index (Phi) is 18.1. The molecule has 0 aliphatic heterocycles. The highest BCUT2D eigenvalue weighted by molar-refractivity contribution is 6.08. The van der Waals surface area contributed by atoms with E-state index in [4.69, 9.17) is 0 Å². The van der Waals surface area contributed by atoms with Crippen molar-refractivity contribution in [3.8, 4) is 0 Å². The van der Waals surface area contributed by atoms with Crippen molar-refractivity contribution in [1.82, 2.24) is 0 Å². The van der Waals surface area contributed by atoms with Crippen LogP contribution >= 0.6 is 0 Å². The molecule has 0 aliphatic carbocycles.